The summed E-state index contributed by atoms with van der Waals surface area (Å²) in [6, 6.07) is 0. The van der Waals surface area contributed by atoms with Crippen LogP contribution < -0.4 is 0 Å². The van der Waals surface area contributed by atoms with E-state index >= 15 is 0 Å². The Morgan fingerprint density at radius 1 is 1.33 bits per heavy atom. The van der Waals surface area contributed by atoms with Crippen LogP contribution in [0.25, 0.3) is 0 Å². The summed E-state index contributed by atoms with van der Waals surface area (Å²) in [6.45, 7) is 11.2. The van der Waals surface area contributed by atoms with Crippen molar-refractivity contribution >= 4 is 11.7 Å². The van der Waals surface area contributed by atoms with Crippen LogP contribution in [-0.2, 0) is 9.59 Å². The molecular weight excluding hydrogens is 226 g/mol. The third-order valence-electron chi connectivity index (χ3n) is 3.59. The maximum atomic E-state index is 12.2. The number of likely N-dealkylation sites (tertiary alicyclic amines) is 1. The second-order valence-corrected chi connectivity index (χ2v) is 7.24. The first-order chi connectivity index (χ1) is 8.12. The first-order valence-corrected chi connectivity index (χ1v) is 6.94. The van der Waals surface area contributed by atoms with Crippen LogP contribution in [0.15, 0.2) is 0 Å². The fourth-order valence-corrected chi connectivity index (χ4v) is 2.57. The molecular formula is C15H27NO2. The van der Waals surface area contributed by atoms with E-state index in [2.05, 4.69) is 20.8 Å². The monoisotopic (exact) mass is 253 g/mol. The van der Waals surface area contributed by atoms with Crippen molar-refractivity contribution in [3.8, 4) is 0 Å². The highest BCUT2D eigenvalue weighted by atomic mass is 16.2. The molecule has 0 aliphatic carbocycles. The van der Waals surface area contributed by atoms with Gasteiger partial charge in [-0.25, -0.2) is 0 Å². The maximum Gasteiger partial charge on any atom is 0.223 e. The van der Waals surface area contributed by atoms with Gasteiger partial charge in [0.15, 0.2) is 0 Å². The quantitative estimate of drug-likeness (QED) is 0.774. The molecule has 0 unspecified atom stereocenters. The number of ketones is 1. The van der Waals surface area contributed by atoms with Gasteiger partial charge in [0, 0.05) is 31.3 Å². The van der Waals surface area contributed by atoms with Gasteiger partial charge in [0.25, 0.3) is 0 Å². The van der Waals surface area contributed by atoms with Crippen molar-refractivity contribution in [3.63, 3.8) is 0 Å². The molecule has 18 heavy (non-hydrogen) atoms. The van der Waals surface area contributed by atoms with Crippen LogP contribution in [0.1, 0.15) is 66.7 Å². The number of nitrogens with zero attached hydrogens (tertiary/aromatic N) is 1. The molecule has 0 radical (unpaired) electrons. The molecule has 104 valence electrons. The molecule has 1 amide bonds. The Morgan fingerprint density at radius 2 is 1.94 bits per heavy atom. The Hall–Kier alpha value is -0.860. The Balaban J connectivity index is 2.49. The molecule has 1 aliphatic rings. The van der Waals surface area contributed by atoms with Gasteiger partial charge in [-0.1, -0.05) is 20.8 Å². The zero-order chi connectivity index (χ0) is 14.0. The van der Waals surface area contributed by atoms with Gasteiger partial charge in [0.2, 0.25) is 5.91 Å². The van der Waals surface area contributed by atoms with Crippen LogP contribution in [0.3, 0.4) is 0 Å². The molecule has 0 aromatic carbocycles. The van der Waals surface area contributed by atoms with Gasteiger partial charge in [-0.3, -0.25) is 9.59 Å². The zero-order valence-electron chi connectivity index (χ0n) is 12.5. The van der Waals surface area contributed by atoms with E-state index in [9.17, 15) is 9.59 Å². The van der Waals surface area contributed by atoms with Crippen LogP contribution in [-0.4, -0.2) is 28.7 Å². The minimum absolute atomic E-state index is 0.205. The van der Waals surface area contributed by atoms with Gasteiger partial charge in [0.1, 0.15) is 5.78 Å². The summed E-state index contributed by atoms with van der Waals surface area (Å²) in [7, 11) is 0. The summed E-state index contributed by atoms with van der Waals surface area (Å²) in [4.78, 5) is 25.6. The van der Waals surface area contributed by atoms with E-state index in [1.807, 2.05) is 18.7 Å². The molecule has 3 nitrogen and oxygen atoms in total. The van der Waals surface area contributed by atoms with E-state index in [1.54, 1.807) is 0 Å². The predicted molar refractivity (Wildman–Crippen MR) is 73.3 cm³/mol. The molecule has 0 aromatic heterocycles. The van der Waals surface area contributed by atoms with E-state index in [-0.39, 0.29) is 22.6 Å². The summed E-state index contributed by atoms with van der Waals surface area (Å²) in [5.41, 5.74) is -0.0121. The molecule has 0 spiro atoms. The van der Waals surface area contributed by atoms with Crippen molar-refractivity contribution in [2.45, 2.75) is 72.3 Å². The first-order valence-electron chi connectivity index (χ1n) is 6.94. The third kappa shape index (κ3) is 4.43. The molecule has 0 atom stereocenters. The number of hydrogen-bond acceptors (Lipinski definition) is 2. The Labute approximate surface area is 111 Å². The third-order valence-corrected chi connectivity index (χ3v) is 3.59. The van der Waals surface area contributed by atoms with Crippen LogP contribution in [0, 0.1) is 5.41 Å². The summed E-state index contributed by atoms with van der Waals surface area (Å²) >= 11 is 0. The summed E-state index contributed by atoms with van der Waals surface area (Å²) in [6.07, 6.45) is 3.62. The minimum atomic E-state index is -0.297. The molecule has 1 rings (SSSR count). The lowest BCUT2D eigenvalue weighted by molar-refractivity contribution is -0.142. The van der Waals surface area contributed by atoms with Crippen molar-refractivity contribution in [2.24, 2.45) is 5.41 Å². The lowest BCUT2D eigenvalue weighted by Crippen LogP contribution is -2.53. The molecule has 0 saturated carbocycles. The van der Waals surface area contributed by atoms with Gasteiger partial charge in [-0.15, -0.1) is 0 Å². The first kappa shape index (κ1) is 15.2. The second-order valence-electron chi connectivity index (χ2n) is 7.24. The van der Waals surface area contributed by atoms with Crippen molar-refractivity contribution in [1.82, 2.24) is 4.90 Å². The standard InChI is InChI=1S/C15H27NO2/c1-14(2,3)9-6-7-13(18)16-10-8-12(17)11-15(16,4)5/h6-11H2,1-5H3. The van der Waals surface area contributed by atoms with E-state index in [0.29, 0.717) is 25.8 Å². The Bertz CT molecular complexity index is 326. The van der Waals surface area contributed by atoms with Crippen LogP contribution in [0.5, 0.6) is 0 Å². The predicted octanol–water partition coefficient (Wildman–Crippen LogP) is 3.17. The zero-order valence-corrected chi connectivity index (χ0v) is 12.5. The van der Waals surface area contributed by atoms with Crippen molar-refractivity contribution in [2.75, 3.05) is 6.54 Å². The number of Topliss-reactive ketones (excluding diaryl/α,β-unsaturated/α-hetero) is 1. The summed E-state index contributed by atoms with van der Waals surface area (Å²) < 4.78 is 0. The van der Waals surface area contributed by atoms with Crippen LogP contribution in [0.4, 0.5) is 0 Å². The average molecular weight is 253 g/mol. The molecule has 0 aromatic rings. The van der Waals surface area contributed by atoms with Crippen LogP contribution >= 0.6 is 0 Å². The van der Waals surface area contributed by atoms with Crippen LogP contribution in [0.2, 0.25) is 0 Å². The highest BCUT2D eigenvalue weighted by Crippen LogP contribution is 2.27. The number of carbonyl (C=O) groups is 2. The van der Waals surface area contributed by atoms with Crippen molar-refractivity contribution < 1.29 is 9.59 Å². The van der Waals surface area contributed by atoms with Crippen molar-refractivity contribution in [3.05, 3.63) is 0 Å². The lowest BCUT2D eigenvalue weighted by Gasteiger charge is -2.42. The van der Waals surface area contributed by atoms with E-state index in [0.717, 1.165) is 12.8 Å². The number of hydrogen-bond donors (Lipinski definition) is 0. The van der Waals surface area contributed by atoms with E-state index < -0.39 is 0 Å². The van der Waals surface area contributed by atoms with Crippen molar-refractivity contribution in [1.29, 1.82) is 0 Å². The molecule has 1 aliphatic heterocycles. The number of piperidine rings is 1. The van der Waals surface area contributed by atoms with Gasteiger partial charge in [-0.05, 0) is 32.1 Å². The highest BCUT2D eigenvalue weighted by molar-refractivity contribution is 5.85. The minimum Gasteiger partial charge on any atom is -0.337 e. The molecule has 1 fully saturated rings. The van der Waals surface area contributed by atoms with Gasteiger partial charge in [-0.2, -0.15) is 0 Å². The molecule has 0 N–H and O–H groups in total. The van der Waals surface area contributed by atoms with Gasteiger partial charge in [0.05, 0.1) is 0 Å². The normalized spacial score (nSPS) is 20.1. The van der Waals surface area contributed by atoms with E-state index in [1.165, 1.54) is 0 Å². The lowest BCUT2D eigenvalue weighted by atomic mass is 9.87. The number of carbonyl (C=O) groups excluding carboxylic acids is 2. The summed E-state index contributed by atoms with van der Waals surface area (Å²) in [5.74, 6) is 0.482. The van der Waals surface area contributed by atoms with E-state index in [4.69, 9.17) is 0 Å². The highest BCUT2D eigenvalue weighted by Gasteiger charge is 2.36. The molecule has 1 heterocycles. The largest absolute Gasteiger partial charge is 0.337 e. The van der Waals surface area contributed by atoms with Gasteiger partial charge < -0.3 is 4.90 Å². The summed E-state index contributed by atoms with van der Waals surface area (Å²) in [5, 5.41) is 0. The average Bonchev–Trinajstić information content (AvgIpc) is 2.13. The number of amides is 1. The maximum absolute atomic E-state index is 12.2. The Morgan fingerprint density at radius 3 is 2.44 bits per heavy atom. The smallest absolute Gasteiger partial charge is 0.223 e. The Kier molecular flexibility index (Phi) is 4.57. The second kappa shape index (κ2) is 5.41. The molecule has 1 saturated heterocycles. The number of rotatable bonds is 3. The fourth-order valence-electron chi connectivity index (χ4n) is 2.57. The molecule has 3 heteroatoms. The topological polar surface area (TPSA) is 37.4 Å². The SMILES string of the molecule is CC(C)(C)CCCC(=O)N1CCC(=O)CC1(C)C. The fraction of sp³-hybridized carbons (Fsp3) is 0.867. The van der Waals surface area contributed by atoms with Gasteiger partial charge >= 0.3 is 0 Å². The molecule has 0 bridgehead atoms.